The van der Waals surface area contributed by atoms with Gasteiger partial charge in [-0.05, 0) is 6.92 Å². The van der Waals surface area contributed by atoms with E-state index in [0.29, 0.717) is 16.4 Å². The number of aliphatic carboxylic acids is 1. The van der Waals surface area contributed by atoms with Crippen LogP contribution >= 0.6 is 11.3 Å². The Balaban J connectivity index is 2.80. The quantitative estimate of drug-likeness (QED) is 0.432. The fourth-order valence-electron chi connectivity index (χ4n) is 0.752. The number of thiazole rings is 1. The molecule has 5 nitrogen and oxygen atoms in total. The number of hydrogen-bond acceptors (Lipinski definition) is 5. The van der Waals surface area contributed by atoms with E-state index in [4.69, 9.17) is 10.3 Å². The van der Waals surface area contributed by atoms with E-state index in [1.165, 1.54) is 11.3 Å². The molecule has 0 atom stereocenters. The van der Waals surface area contributed by atoms with Gasteiger partial charge in [-0.25, -0.2) is 4.98 Å². The average molecular weight is 200 g/mol. The largest absolute Gasteiger partial charge is 0.481 e. The molecule has 2 N–H and O–H groups in total. The van der Waals surface area contributed by atoms with Crippen LogP contribution in [0.3, 0.4) is 0 Å². The first-order valence-electron chi connectivity index (χ1n) is 3.48. The average Bonchev–Trinajstić information content (AvgIpc) is 2.50. The van der Waals surface area contributed by atoms with E-state index in [2.05, 4.69) is 10.1 Å². The second kappa shape index (κ2) is 3.99. The molecule has 0 saturated carbocycles. The highest BCUT2D eigenvalue weighted by atomic mass is 32.1. The second-order valence-corrected chi connectivity index (χ2v) is 3.26. The van der Waals surface area contributed by atoms with Gasteiger partial charge in [0.25, 0.3) is 0 Å². The van der Waals surface area contributed by atoms with Crippen LogP contribution in [0.25, 0.3) is 0 Å². The third kappa shape index (κ3) is 2.51. The van der Waals surface area contributed by atoms with Crippen molar-refractivity contribution in [2.45, 2.75) is 13.3 Å². The van der Waals surface area contributed by atoms with Gasteiger partial charge in [0, 0.05) is 5.38 Å². The highest BCUT2D eigenvalue weighted by molar-refractivity contribution is 7.11. The monoisotopic (exact) mass is 200 g/mol. The molecule has 0 aromatic carbocycles. The summed E-state index contributed by atoms with van der Waals surface area (Å²) >= 11 is 1.26. The Morgan fingerprint density at radius 2 is 2.46 bits per heavy atom. The van der Waals surface area contributed by atoms with Gasteiger partial charge in [-0.3, -0.25) is 4.79 Å². The first kappa shape index (κ1) is 9.66. The van der Waals surface area contributed by atoms with E-state index in [1.807, 2.05) is 0 Å². The van der Waals surface area contributed by atoms with E-state index in [1.54, 1.807) is 12.3 Å². The second-order valence-electron chi connectivity index (χ2n) is 2.40. The van der Waals surface area contributed by atoms with Crippen molar-refractivity contribution in [2.75, 3.05) is 0 Å². The Hall–Kier alpha value is -1.43. The summed E-state index contributed by atoms with van der Waals surface area (Å²) in [6.07, 6.45) is -0.102. The van der Waals surface area contributed by atoms with Crippen LogP contribution in [0.5, 0.6) is 0 Å². The molecule has 13 heavy (non-hydrogen) atoms. The normalized spacial score (nSPS) is 11.6. The summed E-state index contributed by atoms with van der Waals surface area (Å²) < 4.78 is 0. The smallest absolute Gasteiger partial charge is 0.309 e. The maximum atomic E-state index is 10.3. The molecule has 0 amide bonds. The first-order chi connectivity index (χ1) is 6.13. The molecule has 1 aromatic heterocycles. The van der Waals surface area contributed by atoms with Crippen molar-refractivity contribution in [1.82, 2.24) is 4.98 Å². The number of nitrogens with zero attached hydrogens (tertiary/aromatic N) is 2. The lowest BCUT2D eigenvalue weighted by atomic mass is 10.3. The highest BCUT2D eigenvalue weighted by Crippen LogP contribution is 2.11. The minimum Gasteiger partial charge on any atom is -0.481 e. The third-order valence-corrected chi connectivity index (χ3v) is 2.34. The van der Waals surface area contributed by atoms with Crippen LogP contribution in [0.4, 0.5) is 0 Å². The Morgan fingerprint density at radius 1 is 1.77 bits per heavy atom. The summed E-state index contributed by atoms with van der Waals surface area (Å²) in [5.74, 6) is -0.921. The third-order valence-electron chi connectivity index (χ3n) is 1.34. The van der Waals surface area contributed by atoms with Gasteiger partial charge in [0.15, 0.2) is 0 Å². The Morgan fingerprint density at radius 3 is 3.00 bits per heavy atom. The van der Waals surface area contributed by atoms with E-state index >= 15 is 0 Å². The van der Waals surface area contributed by atoms with Gasteiger partial charge in [-0.2, -0.15) is 0 Å². The van der Waals surface area contributed by atoms with Gasteiger partial charge in [-0.1, -0.05) is 5.16 Å². The minimum atomic E-state index is -0.921. The van der Waals surface area contributed by atoms with Gasteiger partial charge in [0.1, 0.15) is 10.7 Å². The summed E-state index contributed by atoms with van der Waals surface area (Å²) in [5, 5.41) is 22.0. The van der Waals surface area contributed by atoms with Crippen molar-refractivity contribution in [3.63, 3.8) is 0 Å². The summed E-state index contributed by atoms with van der Waals surface area (Å²) in [6, 6.07) is 0. The minimum absolute atomic E-state index is 0.102. The molecular formula is C7H8N2O3S. The standard InChI is InChI=1S/C7H8N2O3S/c1-4(9-12)7-8-5(3-13-7)2-6(10)11/h3,12H,2H2,1H3,(H,10,11). The maximum absolute atomic E-state index is 10.3. The van der Waals surface area contributed by atoms with Gasteiger partial charge in [0.05, 0.1) is 12.1 Å². The number of aromatic nitrogens is 1. The van der Waals surface area contributed by atoms with Crippen LogP contribution < -0.4 is 0 Å². The predicted octanol–water partition coefficient (Wildman–Crippen LogP) is 0.968. The Labute approximate surface area is 78.4 Å². The molecule has 70 valence electrons. The molecule has 0 spiro atoms. The lowest BCUT2D eigenvalue weighted by Gasteiger charge is -1.89. The maximum Gasteiger partial charge on any atom is 0.309 e. The number of rotatable bonds is 3. The van der Waals surface area contributed by atoms with Crippen LogP contribution in [0.1, 0.15) is 17.6 Å². The van der Waals surface area contributed by atoms with Crippen molar-refractivity contribution in [2.24, 2.45) is 5.16 Å². The van der Waals surface area contributed by atoms with Crippen molar-refractivity contribution < 1.29 is 15.1 Å². The zero-order chi connectivity index (χ0) is 9.84. The molecule has 0 bridgehead atoms. The molecule has 0 unspecified atom stereocenters. The van der Waals surface area contributed by atoms with Crippen LogP contribution in [-0.4, -0.2) is 27.0 Å². The summed E-state index contributed by atoms with van der Waals surface area (Å²) in [5.41, 5.74) is 0.872. The Bertz CT molecular complexity index is 345. The first-order valence-corrected chi connectivity index (χ1v) is 4.36. The van der Waals surface area contributed by atoms with E-state index in [9.17, 15) is 4.79 Å². The van der Waals surface area contributed by atoms with E-state index in [0.717, 1.165) is 0 Å². The SMILES string of the molecule is CC(=NO)c1nc(CC(=O)O)cs1. The van der Waals surface area contributed by atoms with Crippen LogP contribution in [0.2, 0.25) is 0 Å². The van der Waals surface area contributed by atoms with Crippen molar-refractivity contribution in [1.29, 1.82) is 0 Å². The molecule has 1 aromatic rings. The van der Waals surface area contributed by atoms with Crippen LogP contribution in [0, 0.1) is 0 Å². The number of carboxylic acids is 1. The highest BCUT2D eigenvalue weighted by Gasteiger charge is 2.07. The summed E-state index contributed by atoms with van der Waals surface area (Å²) in [6.45, 7) is 1.60. The van der Waals surface area contributed by atoms with Gasteiger partial charge >= 0.3 is 5.97 Å². The van der Waals surface area contributed by atoms with Gasteiger partial charge in [0.2, 0.25) is 0 Å². The fourth-order valence-corrected chi connectivity index (χ4v) is 1.52. The summed E-state index contributed by atoms with van der Waals surface area (Å²) in [4.78, 5) is 14.3. The number of carboxylic acid groups (broad SMARTS) is 1. The fraction of sp³-hybridized carbons (Fsp3) is 0.286. The lowest BCUT2D eigenvalue weighted by molar-refractivity contribution is -0.136. The molecule has 1 rings (SSSR count). The predicted molar refractivity (Wildman–Crippen MR) is 47.5 cm³/mol. The molecule has 6 heteroatoms. The Kier molecular flexibility index (Phi) is 2.97. The molecule has 0 fully saturated rings. The zero-order valence-corrected chi connectivity index (χ0v) is 7.71. The molecule has 1 heterocycles. The number of hydrogen-bond donors (Lipinski definition) is 2. The van der Waals surface area contributed by atoms with E-state index < -0.39 is 5.97 Å². The zero-order valence-electron chi connectivity index (χ0n) is 6.89. The van der Waals surface area contributed by atoms with Gasteiger partial charge in [-0.15, -0.1) is 11.3 Å². The van der Waals surface area contributed by atoms with Crippen molar-refractivity contribution in [3.05, 3.63) is 16.1 Å². The lowest BCUT2D eigenvalue weighted by Crippen LogP contribution is -2.01. The molecular weight excluding hydrogens is 192 g/mol. The molecule has 0 saturated heterocycles. The molecule has 0 radical (unpaired) electrons. The van der Waals surface area contributed by atoms with Crippen LogP contribution in [-0.2, 0) is 11.2 Å². The van der Waals surface area contributed by atoms with Crippen LogP contribution in [0.15, 0.2) is 10.5 Å². The summed E-state index contributed by atoms with van der Waals surface area (Å²) in [7, 11) is 0. The topological polar surface area (TPSA) is 82.8 Å². The van der Waals surface area contributed by atoms with Crippen molar-refractivity contribution in [3.8, 4) is 0 Å². The molecule has 0 aliphatic rings. The number of carbonyl (C=O) groups is 1. The van der Waals surface area contributed by atoms with E-state index in [-0.39, 0.29) is 6.42 Å². The van der Waals surface area contributed by atoms with Gasteiger partial charge < -0.3 is 10.3 Å². The van der Waals surface area contributed by atoms with Crippen molar-refractivity contribution >= 4 is 23.0 Å². The number of oxime groups is 1. The molecule has 0 aliphatic carbocycles. The molecule has 0 aliphatic heterocycles.